The third-order valence-corrected chi connectivity index (χ3v) is 6.70. The Hall–Kier alpha value is -4.68. The van der Waals surface area contributed by atoms with Crippen molar-refractivity contribution in [1.82, 2.24) is 30.2 Å². The number of ether oxygens (including phenoxy) is 1. The Morgan fingerprint density at radius 1 is 1.08 bits per heavy atom. The molecule has 1 fully saturated rings. The van der Waals surface area contributed by atoms with Crippen LogP contribution in [0.2, 0.25) is 0 Å². The van der Waals surface area contributed by atoms with Gasteiger partial charge in [-0.3, -0.25) is 9.78 Å². The topological polar surface area (TPSA) is 114 Å². The van der Waals surface area contributed by atoms with E-state index in [0.29, 0.717) is 48.4 Å². The molecule has 1 amide bonds. The second kappa shape index (κ2) is 9.65. The number of piperazine rings is 1. The lowest BCUT2D eigenvalue weighted by Gasteiger charge is -2.45. The summed E-state index contributed by atoms with van der Waals surface area (Å²) in [4.78, 5) is 20.9. The molecule has 2 aliphatic heterocycles. The van der Waals surface area contributed by atoms with Gasteiger partial charge in [0.25, 0.3) is 6.43 Å². The normalized spacial score (nSPS) is 16.7. The Morgan fingerprint density at radius 3 is 2.68 bits per heavy atom. The largest absolute Gasteiger partial charge is 0.470 e. The lowest BCUT2D eigenvalue weighted by Crippen LogP contribution is -2.60. The number of aryl methyl sites for hydroxylation is 1. The summed E-state index contributed by atoms with van der Waals surface area (Å²) in [6.45, 7) is 3.70. The molecule has 1 saturated heterocycles. The molecule has 4 aromatic rings. The smallest absolute Gasteiger partial charge is 0.263 e. The molecule has 38 heavy (non-hydrogen) atoms. The van der Waals surface area contributed by atoms with Crippen LogP contribution in [0.15, 0.2) is 54.9 Å². The summed E-state index contributed by atoms with van der Waals surface area (Å²) in [7, 11) is 0. The third kappa shape index (κ3) is 4.35. The van der Waals surface area contributed by atoms with Gasteiger partial charge in [-0.05, 0) is 31.2 Å². The molecule has 0 spiro atoms. The summed E-state index contributed by atoms with van der Waals surface area (Å²) in [6, 6.07) is 10.9. The highest BCUT2D eigenvalue weighted by Gasteiger charge is 2.37. The summed E-state index contributed by atoms with van der Waals surface area (Å²) in [6.07, 6.45) is 0.842. The Bertz CT molecular complexity index is 1460. The molecule has 13 heteroatoms. The quantitative estimate of drug-likeness (QED) is 0.411. The van der Waals surface area contributed by atoms with E-state index in [1.165, 1.54) is 12.1 Å². The van der Waals surface area contributed by atoms with Crippen LogP contribution in [0.25, 0.3) is 5.69 Å². The number of benzene rings is 1. The van der Waals surface area contributed by atoms with Crippen LogP contribution in [0.3, 0.4) is 0 Å². The maximum Gasteiger partial charge on any atom is 0.263 e. The van der Waals surface area contributed by atoms with Crippen molar-refractivity contribution in [2.75, 3.05) is 34.8 Å². The molecule has 0 bridgehead atoms. The van der Waals surface area contributed by atoms with Crippen molar-refractivity contribution in [3.8, 4) is 11.6 Å². The molecule has 6 rings (SSSR count). The second-order valence-electron chi connectivity index (χ2n) is 8.98. The Kier molecular flexibility index (Phi) is 6.02. The number of pyridine rings is 1. The molecule has 1 atom stereocenters. The fourth-order valence-corrected chi connectivity index (χ4v) is 4.67. The van der Waals surface area contributed by atoms with E-state index in [9.17, 15) is 13.6 Å². The minimum Gasteiger partial charge on any atom is -0.470 e. The number of aromatic nitrogens is 6. The Balaban J connectivity index is 1.12. The zero-order chi connectivity index (χ0) is 26.2. The van der Waals surface area contributed by atoms with Crippen LogP contribution in [0, 0.1) is 6.92 Å². The highest BCUT2D eigenvalue weighted by molar-refractivity contribution is 6.04. The third-order valence-electron chi connectivity index (χ3n) is 6.70. The first kappa shape index (κ1) is 23.7. The van der Waals surface area contributed by atoms with Gasteiger partial charge in [0.05, 0.1) is 29.0 Å². The number of alkyl halides is 2. The lowest BCUT2D eigenvalue weighted by atomic mass is 10.1. The van der Waals surface area contributed by atoms with Crippen LogP contribution in [0.1, 0.15) is 23.4 Å². The van der Waals surface area contributed by atoms with E-state index in [-0.39, 0.29) is 24.1 Å². The van der Waals surface area contributed by atoms with Crippen molar-refractivity contribution >= 4 is 23.1 Å². The summed E-state index contributed by atoms with van der Waals surface area (Å²) in [5.41, 5.74) is 3.53. The first-order valence-electron chi connectivity index (χ1n) is 12.0. The van der Waals surface area contributed by atoms with Crippen molar-refractivity contribution in [1.29, 1.82) is 0 Å². The van der Waals surface area contributed by atoms with Gasteiger partial charge in [0, 0.05) is 37.5 Å². The average Bonchev–Trinajstić information content (AvgIpc) is 3.32. The number of amides is 1. The number of nitrogens with one attached hydrogen (secondary N) is 1. The molecule has 11 nitrogen and oxygen atoms in total. The first-order valence-corrected chi connectivity index (χ1v) is 12.0. The van der Waals surface area contributed by atoms with Gasteiger partial charge in [0.1, 0.15) is 18.3 Å². The highest BCUT2D eigenvalue weighted by atomic mass is 19.3. The SMILES string of the molecule is Cc1nnn(-c2ccc(C(F)F)cc2)c1COc1ccc(N2CCN3c4ccncc4NC(=O)[C@@H]3C2)nn1. The highest BCUT2D eigenvalue weighted by Crippen LogP contribution is 2.33. The number of carbonyl (C=O) groups is 1. The van der Waals surface area contributed by atoms with E-state index >= 15 is 0 Å². The van der Waals surface area contributed by atoms with Crippen LogP contribution in [-0.2, 0) is 11.4 Å². The zero-order valence-electron chi connectivity index (χ0n) is 20.3. The fraction of sp³-hybridized carbons (Fsp3) is 0.280. The number of anilines is 3. The van der Waals surface area contributed by atoms with Crippen molar-refractivity contribution in [2.45, 2.75) is 26.0 Å². The van der Waals surface area contributed by atoms with Gasteiger partial charge in [-0.2, -0.15) is 0 Å². The average molecular weight is 520 g/mol. The molecule has 0 unspecified atom stereocenters. The van der Waals surface area contributed by atoms with Crippen LogP contribution in [0.4, 0.5) is 26.0 Å². The Morgan fingerprint density at radius 2 is 1.92 bits per heavy atom. The lowest BCUT2D eigenvalue weighted by molar-refractivity contribution is -0.117. The van der Waals surface area contributed by atoms with Gasteiger partial charge in [-0.15, -0.1) is 15.3 Å². The number of carbonyl (C=O) groups excluding carboxylic acids is 1. The standard InChI is InChI=1S/C25H23F2N9O2/c1-15-21(36(33-30-15)17-4-2-16(3-5-17)24(26)27)14-38-23-7-6-22(31-32-23)34-10-11-35-19-8-9-28-12-18(19)29-25(37)20(35)13-34/h2-9,12,20,24H,10-11,13-14H2,1H3,(H,29,37)/t20-/m0/s1. The molecule has 3 aromatic heterocycles. The minimum atomic E-state index is -2.54. The molecular formula is C25H23F2N9O2. The summed E-state index contributed by atoms with van der Waals surface area (Å²) >= 11 is 0. The van der Waals surface area contributed by atoms with Crippen molar-refractivity contribution < 1.29 is 18.3 Å². The van der Waals surface area contributed by atoms with Crippen LogP contribution < -0.4 is 19.9 Å². The van der Waals surface area contributed by atoms with E-state index in [4.69, 9.17) is 4.74 Å². The van der Waals surface area contributed by atoms with Crippen LogP contribution in [-0.4, -0.2) is 61.8 Å². The zero-order valence-corrected chi connectivity index (χ0v) is 20.3. The van der Waals surface area contributed by atoms with E-state index in [0.717, 1.165) is 11.4 Å². The monoisotopic (exact) mass is 519 g/mol. The second-order valence-corrected chi connectivity index (χ2v) is 8.98. The van der Waals surface area contributed by atoms with Gasteiger partial charge in [0.15, 0.2) is 5.82 Å². The predicted molar refractivity (Wildman–Crippen MR) is 134 cm³/mol. The van der Waals surface area contributed by atoms with E-state index in [1.54, 1.807) is 42.2 Å². The molecule has 194 valence electrons. The number of nitrogens with zero attached hydrogens (tertiary/aromatic N) is 8. The van der Waals surface area contributed by atoms with E-state index in [1.807, 2.05) is 17.0 Å². The number of rotatable bonds is 6. The van der Waals surface area contributed by atoms with Crippen LogP contribution >= 0.6 is 0 Å². The number of halogens is 2. The molecule has 0 aliphatic carbocycles. The summed E-state index contributed by atoms with van der Waals surface area (Å²) < 4.78 is 33.2. The minimum absolute atomic E-state index is 0.0635. The summed E-state index contributed by atoms with van der Waals surface area (Å²) in [5, 5.41) is 19.7. The molecule has 5 heterocycles. The Labute approximate surface area is 216 Å². The molecule has 0 saturated carbocycles. The number of hydrogen-bond donors (Lipinski definition) is 1. The van der Waals surface area contributed by atoms with Crippen molar-refractivity contribution in [2.24, 2.45) is 0 Å². The molecule has 0 radical (unpaired) electrons. The van der Waals surface area contributed by atoms with Crippen molar-refractivity contribution in [3.63, 3.8) is 0 Å². The van der Waals surface area contributed by atoms with E-state index < -0.39 is 6.43 Å². The molecular weight excluding hydrogens is 496 g/mol. The van der Waals surface area contributed by atoms with E-state index in [2.05, 4.69) is 35.7 Å². The van der Waals surface area contributed by atoms with Gasteiger partial charge in [-0.1, -0.05) is 17.3 Å². The van der Waals surface area contributed by atoms with Crippen molar-refractivity contribution in [3.05, 3.63) is 71.8 Å². The van der Waals surface area contributed by atoms with Gasteiger partial charge in [-0.25, -0.2) is 13.5 Å². The van der Waals surface area contributed by atoms with Gasteiger partial charge in [0.2, 0.25) is 11.8 Å². The number of fused-ring (bicyclic) bond motifs is 3. The predicted octanol–water partition coefficient (Wildman–Crippen LogP) is 2.92. The molecule has 2 aliphatic rings. The first-order chi connectivity index (χ1) is 18.5. The van der Waals surface area contributed by atoms with Crippen LogP contribution in [0.5, 0.6) is 5.88 Å². The summed E-state index contributed by atoms with van der Waals surface area (Å²) in [5.74, 6) is 0.879. The maximum atomic E-state index is 12.9. The number of hydrogen-bond acceptors (Lipinski definition) is 9. The fourth-order valence-electron chi connectivity index (χ4n) is 4.67. The molecule has 1 aromatic carbocycles. The maximum absolute atomic E-state index is 12.9. The van der Waals surface area contributed by atoms with Gasteiger partial charge >= 0.3 is 0 Å². The van der Waals surface area contributed by atoms with Gasteiger partial charge < -0.3 is 19.9 Å². The molecule has 1 N–H and O–H groups in total.